The van der Waals surface area contributed by atoms with E-state index in [4.69, 9.17) is 28.2 Å². The van der Waals surface area contributed by atoms with Crippen molar-refractivity contribution in [2.24, 2.45) is 0 Å². The van der Waals surface area contributed by atoms with Gasteiger partial charge >= 0.3 is 0 Å². The Morgan fingerprint density at radius 3 is 2.71 bits per heavy atom. The molecule has 5 heteroatoms. The minimum absolute atomic E-state index is 0.589. The van der Waals surface area contributed by atoms with E-state index in [0.29, 0.717) is 10.0 Å². The molecule has 0 N–H and O–H groups in total. The summed E-state index contributed by atoms with van der Waals surface area (Å²) in [6.07, 6.45) is 1.85. The lowest BCUT2D eigenvalue weighted by Crippen LogP contribution is -1.90. The molecule has 0 amide bonds. The first kappa shape index (κ1) is 17.8. The van der Waals surface area contributed by atoms with Crippen LogP contribution in [0.5, 0.6) is 0 Å². The van der Waals surface area contributed by atoms with Gasteiger partial charge in [-0.2, -0.15) is 0 Å². The predicted octanol–water partition coefficient (Wildman–Crippen LogP) is 6.90. The fourth-order valence-electron chi connectivity index (χ4n) is 2.41. The minimum Gasteiger partial charge on any atom is -0.245 e. The highest BCUT2D eigenvalue weighted by Gasteiger charge is 2.07. The highest BCUT2D eigenvalue weighted by Crippen LogP contribution is 2.28. The number of aryl methyl sites for hydroxylation is 1. The first-order chi connectivity index (χ1) is 11.7. The van der Waals surface area contributed by atoms with E-state index in [1.165, 1.54) is 10.5 Å². The Kier molecular flexibility index (Phi) is 6.23. The van der Waals surface area contributed by atoms with E-state index in [9.17, 15) is 0 Å². The van der Waals surface area contributed by atoms with Crippen LogP contribution < -0.4 is 0 Å². The van der Waals surface area contributed by atoms with Gasteiger partial charge in [-0.15, -0.1) is 23.1 Å². The molecule has 0 radical (unpaired) electrons. The quantitative estimate of drug-likeness (QED) is 0.422. The van der Waals surface area contributed by atoms with Crippen LogP contribution in [-0.2, 0) is 18.6 Å². The predicted molar refractivity (Wildman–Crippen MR) is 107 cm³/mol. The highest BCUT2D eigenvalue weighted by molar-refractivity contribution is 7.98. The Bertz CT molecular complexity index is 830. The van der Waals surface area contributed by atoms with Gasteiger partial charge in [-0.05, 0) is 35.7 Å². The average molecular weight is 394 g/mol. The van der Waals surface area contributed by atoms with Crippen molar-refractivity contribution in [3.63, 3.8) is 0 Å². The fourth-order valence-corrected chi connectivity index (χ4v) is 4.69. The SMILES string of the molecule is CCc1ccccc1SCc1csc(Cc2ccc(Cl)c(Cl)c2)n1. The smallest absolute Gasteiger partial charge is 0.0972 e. The monoisotopic (exact) mass is 393 g/mol. The molecule has 1 aromatic heterocycles. The van der Waals surface area contributed by atoms with Crippen molar-refractivity contribution in [1.29, 1.82) is 0 Å². The third-order valence-electron chi connectivity index (χ3n) is 3.67. The Hall–Kier alpha value is -1.00. The highest BCUT2D eigenvalue weighted by atomic mass is 35.5. The van der Waals surface area contributed by atoms with E-state index in [1.54, 1.807) is 11.3 Å². The van der Waals surface area contributed by atoms with E-state index < -0.39 is 0 Å². The molecule has 124 valence electrons. The molecule has 0 spiro atoms. The fraction of sp³-hybridized carbons (Fsp3) is 0.211. The summed E-state index contributed by atoms with van der Waals surface area (Å²) in [4.78, 5) is 6.10. The van der Waals surface area contributed by atoms with Crippen LogP contribution in [0, 0.1) is 0 Å². The lowest BCUT2D eigenvalue weighted by molar-refractivity contribution is 1.07. The second-order valence-corrected chi connectivity index (χ2v) is 8.18. The maximum absolute atomic E-state index is 6.08. The molecule has 1 nitrogen and oxygen atoms in total. The number of benzene rings is 2. The number of nitrogens with zero attached hydrogens (tertiary/aromatic N) is 1. The van der Waals surface area contributed by atoms with Crippen molar-refractivity contribution in [3.8, 4) is 0 Å². The van der Waals surface area contributed by atoms with Crippen molar-refractivity contribution in [3.05, 3.63) is 79.7 Å². The summed E-state index contributed by atoms with van der Waals surface area (Å²) in [5.74, 6) is 0.898. The molecule has 0 saturated carbocycles. The van der Waals surface area contributed by atoms with E-state index >= 15 is 0 Å². The Morgan fingerprint density at radius 2 is 1.92 bits per heavy atom. The maximum atomic E-state index is 6.08. The number of hydrogen-bond acceptors (Lipinski definition) is 3. The standard InChI is InChI=1S/C19H17Cl2NS2/c1-2-14-5-3-4-6-18(14)23-11-15-12-24-19(22-15)10-13-7-8-16(20)17(21)9-13/h3-9,12H,2,10-11H2,1H3. The summed E-state index contributed by atoms with van der Waals surface area (Å²) in [5.41, 5.74) is 3.66. The second kappa shape index (κ2) is 8.39. The van der Waals surface area contributed by atoms with Gasteiger partial charge in [0.1, 0.15) is 0 Å². The van der Waals surface area contributed by atoms with Gasteiger partial charge in [0.2, 0.25) is 0 Å². The Labute approximate surface area is 161 Å². The van der Waals surface area contributed by atoms with E-state index in [2.05, 4.69) is 36.6 Å². The van der Waals surface area contributed by atoms with Gasteiger partial charge in [-0.3, -0.25) is 0 Å². The number of hydrogen-bond donors (Lipinski definition) is 0. The molecule has 2 aromatic carbocycles. The lowest BCUT2D eigenvalue weighted by atomic mass is 10.2. The van der Waals surface area contributed by atoms with Crippen LogP contribution in [-0.4, -0.2) is 4.98 Å². The molecule has 0 aliphatic rings. The summed E-state index contributed by atoms with van der Waals surface area (Å²) in [7, 11) is 0. The number of aromatic nitrogens is 1. The van der Waals surface area contributed by atoms with Gasteiger partial charge in [0.15, 0.2) is 0 Å². The third kappa shape index (κ3) is 4.54. The molecular weight excluding hydrogens is 377 g/mol. The molecule has 1 heterocycles. The molecule has 0 aliphatic carbocycles. The summed E-state index contributed by atoms with van der Waals surface area (Å²) >= 11 is 15.6. The maximum Gasteiger partial charge on any atom is 0.0972 e. The zero-order chi connectivity index (χ0) is 16.9. The number of thioether (sulfide) groups is 1. The third-order valence-corrected chi connectivity index (χ3v) is 6.45. The second-order valence-electron chi connectivity index (χ2n) is 5.41. The molecule has 3 rings (SSSR count). The zero-order valence-corrected chi connectivity index (χ0v) is 16.4. The lowest BCUT2D eigenvalue weighted by Gasteiger charge is -2.05. The number of halogens is 2. The Morgan fingerprint density at radius 1 is 1.08 bits per heavy atom. The van der Waals surface area contributed by atoms with Gasteiger partial charge in [-0.25, -0.2) is 4.98 Å². The van der Waals surface area contributed by atoms with Crippen LogP contribution >= 0.6 is 46.3 Å². The van der Waals surface area contributed by atoms with Crippen molar-refractivity contribution in [1.82, 2.24) is 4.98 Å². The van der Waals surface area contributed by atoms with Crippen LogP contribution in [0.4, 0.5) is 0 Å². The van der Waals surface area contributed by atoms with Gasteiger partial charge in [-0.1, -0.05) is 54.4 Å². The Balaban J connectivity index is 1.64. The zero-order valence-electron chi connectivity index (χ0n) is 13.3. The van der Waals surface area contributed by atoms with Crippen LogP contribution in [0.3, 0.4) is 0 Å². The molecule has 24 heavy (non-hydrogen) atoms. The van der Waals surface area contributed by atoms with Crippen LogP contribution in [0.2, 0.25) is 10.0 Å². The average Bonchev–Trinajstić information content (AvgIpc) is 3.04. The first-order valence-electron chi connectivity index (χ1n) is 7.73. The molecule has 0 saturated heterocycles. The molecule has 0 bridgehead atoms. The van der Waals surface area contributed by atoms with Gasteiger partial charge in [0.05, 0.1) is 20.7 Å². The molecular formula is C19H17Cl2NS2. The van der Waals surface area contributed by atoms with Crippen molar-refractivity contribution >= 4 is 46.3 Å². The first-order valence-corrected chi connectivity index (χ1v) is 10.4. The van der Waals surface area contributed by atoms with Crippen LogP contribution in [0.15, 0.2) is 52.7 Å². The van der Waals surface area contributed by atoms with Gasteiger partial charge < -0.3 is 0 Å². The summed E-state index contributed by atoms with van der Waals surface area (Å²) in [6.45, 7) is 2.19. The summed E-state index contributed by atoms with van der Waals surface area (Å²) < 4.78 is 0. The van der Waals surface area contributed by atoms with E-state index in [0.717, 1.165) is 34.9 Å². The summed E-state index contributed by atoms with van der Waals surface area (Å²) in [5, 5.41) is 4.44. The largest absolute Gasteiger partial charge is 0.245 e. The van der Waals surface area contributed by atoms with Crippen molar-refractivity contribution in [2.75, 3.05) is 0 Å². The van der Waals surface area contributed by atoms with Crippen molar-refractivity contribution < 1.29 is 0 Å². The van der Waals surface area contributed by atoms with Crippen LogP contribution in [0.1, 0.15) is 28.8 Å². The normalized spacial score (nSPS) is 11.0. The molecule has 0 aliphatic heterocycles. The van der Waals surface area contributed by atoms with Gasteiger partial charge in [0, 0.05) is 22.4 Å². The van der Waals surface area contributed by atoms with Crippen LogP contribution in [0.25, 0.3) is 0 Å². The molecule has 0 atom stereocenters. The minimum atomic E-state index is 0.589. The van der Waals surface area contributed by atoms with Gasteiger partial charge in [0.25, 0.3) is 0 Å². The van der Waals surface area contributed by atoms with E-state index in [1.807, 2.05) is 30.0 Å². The molecule has 0 fully saturated rings. The summed E-state index contributed by atoms with van der Waals surface area (Å²) in [6, 6.07) is 14.3. The molecule has 3 aromatic rings. The number of rotatable bonds is 6. The van der Waals surface area contributed by atoms with Crippen molar-refractivity contribution in [2.45, 2.75) is 30.4 Å². The topological polar surface area (TPSA) is 12.9 Å². The number of thiazole rings is 1. The van der Waals surface area contributed by atoms with E-state index in [-0.39, 0.29) is 0 Å². The molecule has 0 unspecified atom stereocenters.